The number of ketones is 1. The van der Waals surface area contributed by atoms with Crippen molar-refractivity contribution in [3.63, 3.8) is 0 Å². The number of ether oxygens (including phenoxy) is 4. The molecule has 1 aliphatic heterocycles. The second-order valence-corrected chi connectivity index (χ2v) is 14.9. The molecule has 4 aromatic carbocycles. The first kappa shape index (κ1) is 43.6. The lowest BCUT2D eigenvalue weighted by molar-refractivity contribution is -0.134. The van der Waals surface area contributed by atoms with Gasteiger partial charge in [0.05, 0.1) is 38.5 Å². The van der Waals surface area contributed by atoms with E-state index in [2.05, 4.69) is 17.4 Å². The third-order valence-electron chi connectivity index (χ3n) is 11.0. The SMILES string of the molecule is COc1ccc(C(OC[C@@H]2C[C@@H](OC)CN2C(=O)CCCCCCC(=O)CCC(=O)Nc2cc(C)c(C(=O)O)c(C)c2)(c2ccccc2)c2ccc(OC)cc2)cc1. The maximum atomic E-state index is 13.8. The van der Waals surface area contributed by atoms with Crippen LogP contribution in [0.15, 0.2) is 91.0 Å². The molecule has 308 valence electrons. The number of anilines is 1. The van der Waals surface area contributed by atoms with Crippen LogP contribution in [-0.4, -0.2) is 80.2 Å². The standard InChI is InChI=1S/C47H56N2O9/c1-32-27-37(28-33(2)45(32)46(53)54)48-43(51)26-21-39(50)15-11-6-7-12-16-44(52)49-30-42(57-5)29-38(49)31-58-47(34-13-9-8-10-14-34,35-17-22-40(55-3)23-18-35)36-19-24-41(56-4)25-20-36/h8-10,13-14,17-20,22-25,27-28,38,42H,6-7,11-12,15-16,21,26,29-31H2,1-5H3,(H,48,51)(H,53,54)/t38-,42+/m0/s1. The lowest BCUT2D eigenvalue weighted by Crippen LogP contribution is -2.42. The van der Waals surface area contributed by atoms with Crippen molar-refractivity contribution in [2.24, 2.45) is 0 Å². The number of carboxylic acid groups (broad SMARTS) is 1. The molecule has 1 saturated heterocycles. The van der Waals surface area contributed by atoms with Gasteiger partial charge in [-0.1, -0.05) is 67.4 Å². The molecule has 0 radical (unpaired) electrons. The molecule has 58 heavy (non-hydrogen) atoms. The van der Waals surface area contributed by atoms with Crippen molar-refractivity contribution < 1.29 is 43.2 Å². The van der Waals surface area contributed by atoms with Gasteiger partial charge in [-0.3, -0.25) is 14.4 Å². The maximum Gasteiger partial charge on any atom is 0.336 e. The molecule has 1 aliphatic rings. The molecule has 2 amide bonds. The van der Waals surface area contributed by atoms with Gasteiger partial charge in [0, 0.05) is 45.0 Å². The van der Waals surface area contributed by atoms with E-state index in [-0.39, 0.29) is 54.8 Å². The van der Waals surface area contributed by atoms with Crippen molar-refractivity contribution in [2.75, 3.05) is 39.8 Å². The minimum absolute atomic E-state index is 0.0150. The van der Waals surface area contributed by atoms with E-state index in [1.54, 1.807) is 47.3 Å². The van der Waals surface area contributed by atoms with Crippen LogP contribution in [0.3, 0.4) is 0 Å². The fraction of sp³-hybridized carbons (Fsp3) is 0.404. The summed E-state index contributed by atoms with van der Waals surface area (Å²) in [6, 6.07) is 28.9. The quantitative estimate of drug-likeness (QED) is 0.0630. The van der Waals surface area contributed by atoms with E-state index in [0.29, 0.717) is 55.5 Å². The van der Waals surface area contributed by atoms with Crippen LogP contribution in [0.4, 0.5) is 5.69 Å². The Morgan fingerprint density at radius 3 is 1.81 bits per heavy atom. The van der Waals surface area contributed by atoms with E-state index in [9.17, 15) is 24.3 Å². The van der Waals surface area contributed by atoms with E-state index in [4.69, 9.17) is 18.9 Å². The summed E-state index contributed by atoms with van der Waals surface area (Å²) in [6.07, 6.45) is 4.48. The summed E-state index contributed by atoms with van der Waals surface area (Å²) in [5, 5.41) is 12.2. The number of unbranched alkanes of at least 4 members (excludes halogenated alkanes) is 3. The molecule has 11 nitrogen and oxygen atoms in total. The zero-order valence-corrected chi connectivity index (χ0v) is 34.3. The summed E-state index contributed by atoms with van der Waals surface area (Å²) in [7, 11) is 4.96. The van der Waals surface area contributed by atoms with Crippen molar-refractivity contribution in [3.05, 3.63) is 124 Å². The summed E-state index contributed by atoms with van der Waals surface area (Å²) < 4.78 is 23.9. The van der Waals surface area contributed by atoms with Gasteiger partial charge in [-0.15, -0.1) is 0 Å². The molecule has 0 bridgehead atoms. The molecule has 2 N–H and O–H groups in total. The first-order chi connectivity index (χ1) is 28.0. The highest BCUT2D eigenvalue weighted by atomic mass is 16.5. The van der Waals surface area contributed by atoms with E-state index < -0.39 is 11.6 Å². The zero-order chi connectivity index (χ0) is 41.7. The number of Topliss-reactive ketones (excluding diaryl/α,β-unsaturated/α-hetero) is 1. The topological polar surface area (TPSA) is 141 Å². The van der Waals surface area contributed by atoms with Gasteiger partial charge in [0.15, 0.2) is 0 Å². The molecular weight excluding hydrogens is 737 g/mol. The number of nitrogens with one attached hydrogen (secondary N) is 1. The van der Waals surface area contributed by atoms with Crippen LogP contribution in [0.5, 0.6) is 11.5 Å². The average molecular weight is 793 g/mol. The molecule has 0 saturated carbocycles. The van der Waals surface area contributed by atoms with Crippen molar-refractivity contribution >= 4 is 29.3 Å². The first-order valence-corrected chi connectivity index (χ1v) is 20.0. The first-order valence-electron chi connectivity index (χ1n) is 20.0. The van der Waals surface area contributed by atoms with Crippen molar-refractivity contribution in [1.82, 2.24) is 4.90 Å². The normalized spacial score (nSPS) is 15.2. The largest absolute Gasteiger partial charge is 0.497 e. The highest BCUT2D eigenvalue weighted by Crippen LogP contribution is 2.42. The predicted molar refractivity (Wildman–Crippen MR) is 223 cm³/mol. The van der Waals surface area contributed by atoms with E-state index in [1.165, 1.54) is 0 Å². The highest BCUT2D eigenvalue weighted by molar-refractivity contribution is 5.96. The van der Waals surface area contributed by atoms with Crippen LogP contribution >= 0.6 is 0 Å². The van der Waals surface area contributed by atoms with Gasteiger partial charge in [-0.25, -0.2) is 4.79 Å². The summed E-state index contributed by atoms with van der Waals surface area (Å²) in [5.41, 5.74) is 3.63. The van der Waals surface area contributed by atoms with Gasteiger partial charge in [-0.05, 0) is 97.3 Å². The van der Waals surface area contributed by atoms with E-state index in [1.807, 2.05) is 71.6 Å². The Kier molecular flexibility index (Phi) is 15.6. The second kappa shape index (κ2) is 20.8. The van der Waals surface area contributed by atoms with Crippen LogP contribution in [0, 0.1) is 13.8 Å². The van der Waals surface area contributed by atoms with Gasteiger partial charge < -0.3 is 34.3 Å². The summed E-state index contributed by atoms with van der Waals surface area (Å²) in [6.45, 7) is 4.14. The van der Waals surface area contributed by atoms with Crippen LogP contribution in [0.1, 0.15) is 96.0 Å². The minimum Gasteiger partial charge on any atom is -0.497 e. The number of nitrogens with zero attached hydrogens (tertiary/aromatic N) is 1. The van der Waals surface area contributed by atoms with E-state index >= 15 is 0 Å². The third-order valence-corrected chi connectivity index (χ3v) is 11.0. The fourth-order valence-electron chi connectivity index (χ4n) is 7.87. The fourth-order valence-corrected chi connectivity index (χ4v) is 7.87. The Hall–Kier alpha value is -5.52. The molecule has 11 heteroatoms. The van der Waals surface area contributed by atoms with Gasteiger partial charge in [0.1, 0.15) is 22.9 Å². The maximum absolute atomic E-state index is 13.8. The zero-order valence-electron chi connectivity index (χ0n) is 34.3. The molecule has 0 spiro atoms. The van der Waals surface area contributed by atoms with Gasteiger partial charge in [-0.2, -0.15) is 0 Å². The monoisotopic (exact) mass is 792 g/mol. The Morgan fingerprint density at radius 1 is 0.724 bits per heavy atom. The molecule has 2 atom stereocenters. The number of carboxylic acids is 1. The van der Waals surface area contributed by atoms with Crippen LogP contribution < -0.4 is 14.8 Å². The number of amides is 2. The molecule has 1 fully saturated rings. The van der Waals surface area contributed by atoms with Gasteiger partial charge >= 0.3 is 5.97 Å². The molecule has 1 heterocycles. The molecular formula is C47H56N2O9. The number of likely N-dealkylation sites (tertiary alicyclic amines) is 1. The van der Waals surface area contributed by atoms with Crippen molar-refractivity contribution in [3.8, 4) is 11.5 Å². The Balaban J connectivity index is 1.15. The van der Waals surface area contributed by atoms with Gasteiger partial charge in [0.2, 0.25) is 11.8 Å². The summed E-state index contributed by atoms with van der Waals surface area (Å²) >= 11 is 0. The lowest BCUT2D eigenvalue weighted by Gasteiger charge is -2.38. The Morgan fingerprint density at radius 2 is 1.28 bits per heavy atom. The number of carbonyl (C=O) groups excluding carboxylic acids is 3. The smallest absolute Gasteiger partial charge is 0.336 e. The summed E-state index contributed by atoms with van der Waals surface area (Å²) in [4.78, 5) is 52.2. The molecule has 4 aromatic rings. The van der Waals surface area contributed by atoms with Crippen LogP contribution in [0.2, 0.25) is 0 Å². The number of methoxy groups -OCH3 is 3. The number of hydrogen-bond donors (Lipinski definition) is 2. The number of hydrogen-bond acceptors (Lipinski definition) is 8. The number of aryl methyl sites for hydroxylation is 2. The van der Waals surface area contributed by atoms with Crippen LogP contribution in [0.25, 0.3) is 0 Å². The van der Waals surface area contributed by atoms with Crippen molar-refractivity contribution in [2.45, 2.75) is 89.4 Å². The molecule has 5 rings (SSSR count). The lowest BCUT2D eigenvalue weighted by atomic mass is 9.80. The number of benzene rings is 4. The van der Waals surface area contributed by atoms with E-state index in [0.717, 1.165) is 41.0 Å². The Labute approximate surface area is 341 Å². The Bertz CT molecular complexity index is 1930. The second-order valence-electron chi connectivity index (χ2n) is 14.9. The predicted octanol–water partition coefficient (Wildman–Crippen LogP) is 8.27. The molecule has 0 aromatic heterocycles. The third kappa shape index (κ3) is 10.9. The number of rotatable bonds is 21. The average Bonchev–Trinajstić information content (AvgIpc) is 3.65. The van der Waals surface area contributed by atoms with Crippen molar-refractivity contribution in [1.29, 1.82) is 0 Å². The number of aromatic carboxylic acids is 1. The molecule has 0 unspecified atom stereocenters. The molecule has 0 aliphatic carbocycles. The number of carbonyl (C=O) groups is 4. The summed E-state index contributed by atoms with van der Waals surface area (Å²) in [5.74, 6) is 0.237. The van der Waals surface area contributed by atoms with Gasteiger partial charge in [0.25, 0.3) is 0 Å². The highest BCUT2D eigenvalue weighted by Gasteiger charge is 2.42. The minimum atomic E-state index is -1.01. The van der Waals surface area contributed by atoms with Crippen LogP contribution in [-0.2, 0) is 29.5 Å².